The molecule has 3 heteroatoms. The third-order valence-electron chi connectivity index (χ3n) is 2.58. The number of aromatic nitrogens is 1. The summed E-state index contributed by atoms with van der Waals surface area (Å²) in [5.41, 5.74) is 7.48. The second-order valence-electron chi connectivity index (χ2n) is 3.74. The van der Waals surface area contributed by atoms with E-state index in [1.165, 1.54) is 0 Å². The Hall–Kier alpha value is -1.35. The minimum absolute atomic E-state index is 0.252. The van der Waals surface area contributed by atoms with Crippen LogP contribution in [0.25, 0.3) is 11.1 Å². The molecule has 1 atom stereocenters. The van der Waals surface area contributed by atoms with Gasteiger partial charge in [-0.15, -0.1) is 0 Å². The number of rotatable bonds is 4. The molecule has 0 radical (unpaired) electrons. The van der Waals surface area contributed by atoms with Crippen LogP contribution in [0.4, 0.5) is 0 Å². The molecule has 0 saturated heterocycles. The molecule has 0 aliphatic heterocycles. The Balaban J connectivity index is 2.34. The maximum atomic E-state index is 5.71. The lowest BCUT2D eigenvalue weighted by molar-refractivity contribution is 0.453. The fourth-order valence-corrected chi connectivity index (χ4v) is 1.76. The first-order chi connectivity index (χ1) is 7.35. The normalized spacial score (nSPS) is 13.2. The fraction of sp³-hybridized carbons (Fsp3) is 0.417. The van der Waals surface area contributed by atoms with Crippen molar-refractivity contribution in [3.63, 3.8) is 0 Å². The Kier molecular flexibility index (Phi) is 3.02. The molecule has 0 aliphatic rings. The molecule has 0 fully saturated rings. The highest BCUT2D eigenvalue weighted by Gasteiger charge is 2.15. The van der Waals surface area contributed by atoms with Crippen LogP contribution in [-0.4, -0.2) is 11.5 Å². The Morgan fingerprint density at radius 3 is 2.87 bits per heavy atom. The summed E-state index contributed by atoms with van der Waals surface area (Å²) < 4.78 is 5.68. The third-order valence-corrected chi connectivity index (χ3v) is 2.58. The molecule has 0 bridgehead atoms. The van der Waals surface area contributed by atoms with Crippen molar-refractivity contribution in [3.05, 3.63) is 30.2 Å². The van der Waals surface area contributed by atoms with Crippen molar-refractivity contribution in [1.29, 1.82) is 0 Å². The molecule has 0 saturated carbocycles. The van der Waals surface area contributed by atoms with Crippen LogP contribution in [0.2, 0.25) is 0 Å². The van der Waals surface area contributed by atoms with Gasteiger partial charge in [-0.2, -0.15) is 0 Å². The maximum absolute atomic E-state index is 5.71. The van der Waals surface area contributed by atoms with Gasteiger partial charge >= 0.3 is 0 Å². The first kappa shape index (κ1) is 10.2. The summed E-state index contributed by atoms with van der Waals surface area (Å²) in [7, 11) is 0. The summed E-state index contributed by atoms with van der Waals surface area (Å²) in [6, 6.07) is 7.81. The molecular weight excluding hydrogens is 188 g/mol. The monoisotopic (exact) mass is 204 g/mol. The van der Waals surface area contributed by atoms with E-state index in [0.29, 0.717) is 6.54 Å². The van der Waals surface area contributed by atoms with E-state index in [1.807, 2.05) is 24.3 Å². The van der Waals surface area contributed by atoms with Crippen molar-refractivity contribution in [1.82, 2.24) is 4.98 Å². The van der Waals surface area contributed by atoms with E-state index >= 15 is 0 Å². The second kappa shape index (κ2) is 4.45. The van der Waals surface area contributed by atoms with Gasteiger partial charge in [0, 0.05) is 12.5 Å². The van der Waals surface area contributed by atoms with Crippen molar-refractivity contribution in [2.24, 2.45) is 5.73 Å². The van der Waals surface area contributed by atoms with Crippen LogP contribution in [0.15, 0.2) is 28.7 Å². The number of nitrogens with zero attached hydrogens (tertiary/aromatic N) is 1. The summed E-state index contributed by atoms with van der Waals surface area (Å²) in [6.45, 7) is 2.74. The number of nitrogens with two attached hydrogens (primary N) is 1. The first-order valence-electron chi connectivity index (χ1n) is 5.40. The van der Waals surface area contributed by atoms with Crippen LogP contribution >= 0.6 is 0 Å². The topological polar surface area (TPSA) is 52.0 Å². The van der Waals surface area contributed by atoms with Gasteiger partial charge in [0.15, 0.2) is 11.5 Å². The Bertz CT molecular complexity index is 403. The van der Waals surface area contributed by atoms with Gasteiger partial charge in [0.25, 0.3) is 0 Å². The number of fused-ring (bicyclic) bond motifs is 1. The van der Waals surface area contributed by atoms with Gasteiger partial charge in [-0.05, 0) is 18.6 Å². The van der Waals surface area contributed by atoms with Crippen LogP contribution in [0.5, 0.6) is 0 Å². The smallest absolute Gasteiger partial charge is 0.199 e. The summed E-state index contributed by atoms with van der Waals surface area (Å²) in [4.78, 5) is 4.46. The number of hydrogen-bond donors (Lipinski definition) is 1. The highest BCUT2D eigenvalue weighted by Crippen LogP contribution is 2.23. The molecule has 2 aromatic rings. The molecule has 0 spiro atoms. The van der Waals surface area contributed by atoms with E-state index in [9.17, 15) is 0 Å². The fourth-order valence-electron chi connectivity index (χ4n) is 1.76. The predicted molar refractivity (Wildman–Crippen MR) is 60.7 cm³/mol. The summed E-state index contributed by atoms with van der Waals surface area (Å²) in [5, 5.41) is 0. The standard InChI is InChI=1S/C12H16N2O/c1-2-5-9(8-13)12-14-10-6-3-4-7-11(10)15-12/h3-4,6-7,9H,2,5,8,13H2,1H3/t9-/m1/s1. The lowest BCUT2D eigenvalue weighted by Crippen LogP contribution is -2.12. The Morgan fingerprint density at radius 2 is 2.20 bits per heavy atom. The molecular formula is C12H16N2O. The van der Waals surface area contributed by atoms with Crippen LogP contribution < -0.4 is 5.73 Å². The lowest BCUT2D eigenvalue weighted by atomic mass is 10.0. The van der Waals surface area contributed by atoms with E-state index < -0.39 is 0 Å². The van der Waals surface area contributed by atoms with Gasteiger partial charge < -0.3 is 10.2 Å². The average Bonchev–Trinajstić information content (AvgIpc) is 2.69. The second-order valence-corrected chi connectivity index (χ2v) is 3.74. The van der Waals surface area contributed by atoms with E-state index in [2.05, 4.69) is 11.9 Å². The molecule has 2 rings (SSSR count). The SMILES string of the molecule is CCC[C@H](CN)c1nc2ccccc2o1. The zero-order valence-electron chi connectivity index (χ0n) is 8.94. The van der Waals surface area contributed by atoms with Gasteiger partial charge in [-0.25, -0.2) is 4.98 Å². The zero-order chi connectivity index (χ0) is 10.7. The van der Waals surface area contributed by atoms with Crippen molar-refractivity contribution in [2.45, 2.75) is 25.7 Å². The van der Waals surface area contributed by atoms with E-state index in [4.69, 9.17) is 10.2 Å². The summed E-state index contributed by atoms with van der Waals surface area (Å²) >= 11 is 0. The highest BCUT2D eigenvalue weighted by atomic mass is 16.3. The third kappa shape index (κ3) is 2.02. The quantitative estimate of drug-likeness (QED) is 0.833. The molecule has 80 valence electrons. The van der Waals surface area contributed by atoms with Crippen molar-refractivity contribution in [3.8, 4) is 0 Å². The van der Waals surface area contributed by atoms with Gasteiger partial charge in [-0.1, -0.05) is 25.5 Å². The van der Waals surface area contributed by atoms with E-state index in [-0.39, 0.29) is 5.92 Å². The van der Waals surface area contributed by atoms with Crippen LogP contribution in [-0.2, 0) is 0 Å². The lowest BCUT2D eigenvalue weighted by Gasteiger charge is -2.07. The average molecular weight is 204 g/mol. The van der Waals surface area contributed by atoms with E-state index in [1.54, 1.807) is 0 Å². The summed E-state index contributed by atoms with van der Waals surface area (Å²) in [5.74, 6) is 1.03. The van der Waals surface area contributed by atoms with Crippen LogP contribution in [0.1, 0.15) is 31.6 Å². The van der Waals surface area contributed by atoms with Crippen LogP contribution in [0.3, 0.4) is 0 Å². The number of hydrogen-bond acceptors (Lipinski definition) is 3. The van der Waals surface area contributed by atoms with Gasteiger partial charge in [0.2, 0.25) is 0 Å². The molecule has 1 aromatic carbocycles. The zero-order valence-corrected chi connectivity index (χ0v) is 8.94. The molecule has 0 unspecified atom stereocenters. The number of benzene rings is 1. The molecule has 1 aromatic heterocycles. The minimum Gasteiger partial charge on any atom is -0.440 e. The van der Waals surface area contributed by atoms with E-state index in [0.717, 1.165) is 29.8 Å². The van der Waals surface area contributed by atoms with Gasteiger partial charge in [0.1, 0.15) is 5.52 Å². The summed E-state index contributed by atoms with van der Waals surface area (Å²) in [6.07, 6.45) is 2.13. The molecule has 3 nitrogen and oxygen atoms in total. The highest BCUT2D eigenvalue weighted by molar-refractivity contribution is 5.72. The van der Waals surface area contributed by atoms with Gasteiger partial charge in [-0.3, -0.25) is 0 Å². The molecule has 0 amide bonds. The van der Waals surface area contributed by atoms with Crippen molar-refractivity contribution >= 4 is 11.1 Å². The molecule has 2 N–H and O–H groups in total. The molecule has 1 heterocycles. The Morgan fingerprint density at radius 1 is 1.40 bits per heavy atom. The largest absolute Gasteiger partial charge is 0.440 e. The minimum atomic E-state index is 0.252. The molecule has 0 aliphatic carbocycles. The van der Waals surface area contributed by atoms with Gasteiger partial charge in [0.05, 0.1) is 0 Å². The Labute approximate surface area is 89.3 Å². The van der Waals surface area contributed by atoms with Crippen LogP contribution in [0, 0.1) is 0 Å². The van der Waals surface area contributed by atoms with Crippen molar-refractivity contribution < 1.29 is 4.42 Å². The predicted octanol–water partition coefficient (Wildman–Crippen LogP) is 2.67. The number of para-hydroxylation sites is 2. The number of oxazole rings is 1. The first-order valence-corrected chi connectivity index (χ1v) is 5.40. The maximum Gasteiger partial charge on any atom is 0.199 e. The van der Waals surface area contributed by atoms with Crippen molar-refractivity contribution in [2.75, 3.05) is 6.54 Å². The molecule has 15 heavy (non-hydrogen) atoms.